The van der Waals surface area contributed by atoms with E-state index >= 15 is 4.39 Å². The number of ether oxygens (including phenoxy) is 2. The zero-order chi connectivity index (χ0) is 32.8. The first-order valence-corrected chi connectivity index (χ1v) is 15.3. The number of fused-ring (bicyclic) bond motifs is 2. The molecule has 240 valence electrons. The van der Waals surface area contributed by atoms with E-state index in [-0.39, 0.29) is 42.0 Å². The second-order valence-electron chi connectivity index (χ2n) is 10.7. The van der Waals surface area contributed by atoms with Gasteiger partial charge in [0.2, 0.25) is 6.41 Å². The Labute approximate surface area is 270 Å². The van der Waals surface area contributed by atoms with E-state index in [4.69, 9.17) is 42.5 Å². The van der Waals surface area contributed by atoms with Crippen LogP contribution in [0.15, 0.2) is 30.5 Å². The molecule has 0 saturated heterocycles. The van der Waals surface area contributed by atoms with Crippen molar-refractivity contribution >= 4 is 46.4 Å². The smallest absolute Gasteiger partial charge is 0.251 e. The van der Waals surface area contributed by atoms with Gasteiger partial charge in [-0.2, -0.15) is 5.10 Å². The van der Waals surface area contributed by atoms with Gasteiger partial charge in [0.25, 0.3) is 5.91 Å². The van der Waals surface area contributed by atoms with Gasteiger partial charge in [-0.15, -0.1) is 0 Å². The molecule has 0 aliphatic carbocycles. The number of hydrogen-bond acceptors (Lipinski definition) is 6. The lowest BCUT2D eigenvalue weighted by molar-refractivity contribution is -0.106. The number of aromatic nitrogens is 3. The molecule has 3 heterocycles. The zero-order valence-electron chi connectivity index (χ0n) is 25.4. The lowest BCUT2D eigenvalue weighted by Gasteiger charge is -2.22. The lowest BCUT2D eigenvalue weighted by atomic mass is 9.93. The van der Waals surface area contributed by atoms with Crippen LogP contribution in [0.25, 0.3) is 22.2 Å². The highest BCUT2D eigenvalue weighted by molar-refractivity contribution is 6.32. The predicted octanol–water partition coefficient (Wildman–Crippen LogP) is 7.01. The number of amides is 2. The van der Waals surface area contributed by atoms with Crippen LogP contribution in [-0.4, -0.2) is 47.3 Å². The summed E-state index contributed by atoms with van der Waals surface area (Å²) in [7, 11) is 1.55. The summed E-state index contributed by atoms with van der Waals surface area (Å²) in [5.74, 6) is -1.56. The highest BCUT2D eigenvalue weighted by Gasteiger charge is 2.33. The highest BCUT2D eigenvalue weighted by atomic mass is 35.5. The molecule has 5 rings (SSSR count). The number of methoxy groups -OCH3 is 1. The van der Waals surface area contributed by atoms with Gasteiger partial charge in [-0.25, -0.2) is 13.8 Å². The number of halogens is 4. The molecule has 4 aromatic rings. The van der Waals surface area contributed by atoms with Crippen molar-refractivity contribution in [2.24, 2.45) is 5.73 Å². The average molecular weight is 663 g/mol. The number of rotatable bonds is 10. The number of primary amides is 1. The van der Waals surface area contributed by atoms with Crippen LogP contribution in [0, 0.1) is 11.6 Å². The maximum Gasteiger partial charge on any atom is 0.251 e. The number of nitrogens with two attached hydrogens (primary N) is 1. The summed E-state index contributed by atoms with van der Waals surface area (Å²) in [5.41, 5.74) is 6.75. The van der Waals surface area contributed by atoms with E-state index in [0.29, 0.717) is 51.9 Å². The fraction of sp³-hybridized carbons (Fsp3) is 0.375. The molecule has 3 N–H and O–H groups in total. The Morgan fingerprint density at radius 3 is 2.64 bits per heavy atom. The second-order valence-corrected chi connectivity index (χ2v) is 11.4. The molecule has 9 nitrogen and oxygen atoms in total. The van der Waals surface area contributed by atoms with Crippen molar-refractivity contribution in [2.75, 3.05) is 20.3 Å². The molecule has 2 atom stereocenters. The summed E-state index contributed by atoms with van der Waals surface area (Å²) in [6.45, 7) is 7.38. The van der Waals surface area contributed by atoms with Crippen molar-refractivity contribution in [3.05, 3.63) is 69.0 Å². The van der Waals surface area contributed by atoms with Crippen LogP contribution < -0.4 is 20.5 Å². The van der Waals surface area contributed by atoms with Crippen LogP contribution in [0.3, 0.4) is 0 Å². The number of carbonyl (C=O) groups excluding carboxylic acids is 2. The van der Waals surface area contributed by atoms with Crippen molar-refractivity contribution in [2.45, 2.75) is 58.4 Å². The Bertz CT molecular complexity index is 1720. The van der Waals surface area contributed by atoms with Gasteiger partial charge in [-0.3, -0.25) is 14.3 Å². The lowest BCUT2D eigenvalue weighted by Crippen LogP contribution is -2.29. The molecule has 0 radical (unpaired) electrons. The molecule has 0 saturated carbocycles. The third-order valence-electron chi connectivity index (χ3n) is 7.50. The largest absolute Gasteiger partial charge is 0.494 e. The first-order valence-electron chi connectivity index (χ1n) is 14.6. The first kappa shape index (κ1) is 33.9. The molecule has 0 fully saturated rings. The average Bonchev–Trinajstić information content (AvgIpc) is 3.62. The Morgan fingerprint density at radius 2 is 1.98 bits per heavy atom. The van der Waals surface area contributed by atoms with Crippen LogP contribution in [0.2, 0.25) is 10.0 Å². The molecule has 1 aliphatic rings. The zero-order valence-corrected chi connectivity index (χ0v) is 26.9. The minimum absolute atomic E-state index is 0.0213. The highest BCUT2D eigenvalue weighted by Crippen LogP contribution is 2.48. The van der Waals surface area contributed by atoms with Gasteiger partial charge in [0.1, 0.15) is 27.8 Å². The standard InChI is InChI=1S/C31H32Cl2F2N4O3.CH3NO/c1-5-7-17(13-36-31(40)18-11-19-14-39(10-6-2)38-27(19)22(12-18)41-4)28-25(33)23-16(3)15-42-30(23)29(37-28)20-8-9-21(34)24(32)26(20)35;2-1-3/h8-9,11-12,14,16-17H,5-7,10,13,15H2,1-4H3,(H,36,40);1H,(H2,2,3). The molecule has 13 heteroatoms. The molecule has 0 spiro atoms. The quantitative estimate of drug-likeness (QED) is 0.139. The van der Waals surface area contributed by atoms with Crippen molar-refractivity contribution < 1.29 is 27.8 Å². The summed E-state index contributed by atoms with van der Waals surface area (Å²) in [5, 5.41) is 8.22. The number of aryl methyl sites for hydroxylation is 1. The van der Waals surface area contributed by atoms with Gasteiger partial charge >= 0.3 is 0 Å². The van der Waals surface area contributed by atoms with Crippen LogP contribution in [0.5, 0.6) is 11.5 Å². The van der Waals surface area contributed by atoms with E-state index in [2.05, 4.69) is 23.1 Å². The minimum Gasteiger partial charge on any atom is -0.494 e. The van der Waals surface area contributed by atoms with E-state index in [1.54, 1.807) is 19.2 Å². The van der Waals surface area contributed by atoms with Crippen LogP contribution in [-0.2, 0) is 11.3 Å². The number of nitrogens with one attached hydrogen (secondary N) is 1. The van der Waals surface area contributed by atoms with Crippen LogP contribution in [0.4, 0.5) is 8.78 Å². The van der Waals surface area contributed by atoms with Crippen LogP contribution >= 0.6 is 23.2 Å². The van der Waals surface area contributed by atoms with Crippen LogP contribution in [0.1, 0.15) is 73.5 Å². The first-order chi connectivity index (χ1) is 21.6. The minimum atomic E-state index is -0.922. The third-order valence-corrected chi connectivity index (χ3v) is 8.25. The summed E-state index contributed by atoms with van der Waals surface area (Å²) < 4.78 is 42.4. The summed E-state index contributed by atoms with van der Waals surface area (Å²) in [6.07, 6.45) is 4.51. The molecule has 0 bridgehead atoms. The second kappa shape index (κ2) is 14.9. The molecular formula is C32H35Cl2F2N5O4. The molecule has 2 unspecified atom stereocenters. The van der Waals surface area contributed by atoms with Gasteiger partial charge in [0.05, 0.1) is 24.4 Å². The topological polar surface area (TPSA) is 121 Å². The number of pyridine rings is 1. The molecular weight excluding hydrogens is 627 g/mol. The van der Waals surface area contributed by atoms with Gasteiger partial charge in [0, 0.05) is 53.2 Å². The van der Waals surface area contributed by atoms with Gasteiger partial charge in [0.15, 0.2) is 11.6 Å². The molecule has 2 aromatic carbocycles. The Balaban J connectivity index is 0.00000148. The molecule has 45 heavy (non-hydrogen) atoms. The van der Waals surface area contributed by atoms with E-state index in [9.17, 15) is 9.18 Å². The number of benzene rings is 2. The summed E-state index contributed by atoms with van der Waals surface area (Å²) in [4.78, 5) is 26.8. The number of nitrogens with zero attached hydrogens (tertiary/aromatic N) is 3. The Hall–Kier alpha value is -3.96. The molecule has 2 amide bonds. The van der Waals surface area contributed by atoms with Gasteiger partial charge in [-0.05, 0) is 37.1 Å². The maximum atomic E-state index is 15.2. The number of hydrogen-bond donors (Lipinski definition) is 2. The molecule has 1 aliphatic heterocycles. The monoisotopic (exact) mass is 661 g/mol. The maximum absolute atomic E-state index is 15.2. The summed E-state index contributed by atoms with van der Waals surface area (Å²) in [6, 6.07) is 5.86. The van der Waals surface area contributed by atoms with Crippen molar-refractivity contribution in [1.29, 1.82) is 0 Å². The number of carbonyl (C=O) groups is 2. The normalized spacial score (nSPS) is 14.3. The van der Waals surface area contributed by atoms with Gasteiger partial charge in [-0.1, -0.05) is 50.4 Å². The summed E-state index contributed by atoms with van der Waals surface area (Å²) >= 11 is 12.8. The Kier molecular flexibility index (Phi) is 11.2. The van der Waals surface area contributed by atoms with Crippen molar-refractivity contribution in [3.8, 4) is 22.8 Å². The van der Waals surface area contributed by atoms with E-state index in [1.807, 2.05) is 24.7 Å². The van der Waals surface area contributed by atoms with Gasteiger partial charge < -0.3 is 20.5 Å². The fourth-order valence-electron chi connectivity index (χ4n) is 5.41. The third kappa shape index (κ3) is 6.99. The van der Waals surface area contributed by atoms with E-state index in [1.165, 1.54) is 6.07 Å². The predicted molar refractivity (Wildman–Crippen MR) is 170 cm³/mol. The Morgan fingerprint density at radius 1 is 1.24 bits per heavy atom. The van der Waals surface area contributed by atoms with E-state index < -0.39 is 16.7 Å². The van der Waals surface area contributed by atoms with Crippen molar-refractivity contribution in [1.82, 2.24) is 20.1 Å². The molecule has 2 aromatic heterocycles. The SMILES string of the molecule is CCCC(CNC(=O)c1cc(OC)c2nn(CCC)cc2c1)c1nc(-c2ccc(F)c(Cl)c2F)c2c(c1Cl)C(C)CO2.NC=O. The van der Waals surface area contributed by atoms with E-state index in [0.717, 1.165) is 30.8 Å². The fourth-order valence-corrected chi connectivity index (χ4v) is 6.04. The van der Waals surface area contributed by atoms with Crippen molar-refractivity contribution in [3.63, 3.8) is 0 Å².